The zero-order chi connectivity index (χ0) is 33.0. The molecule has 0 bridgehead atoms. The molecule has 10 aromatic rings. The lowest BCUT2D eigenvalue weighted by molar-refractivity contribution is 1.18. The molecule has 234 valence electrons. The van der Waals surface area contributed by atoms with Gasteiger partial charge in [0.15, 0.2) is 0 Å². The highest BCUT2D eigenvalue weighted by Crippen LogP contribution is 2.43. The molecule has 0 N–H and O–H groups in total. The van der Waals surface area contributed by atoms with E-state index in [0.717, 1.165) is 0 Å². The number of para-hydroxylation sites is 4. The van der Waals surface area contributed by atoms with Crippen molar-refractivity contribution in [2.75, 3.05) is 0 Å². The SMILES string of the molecule is c1ccc(-c2cccc(-c3ccccc3)c2-n2c3ccccc3c3ccc(-c4ccc5c(c4)c4ccccc4n5-c4ccccc4)cc32)cc1. The van der Waals surface area contributed by atoms with Crippen LogP contribution in [-0.2, 0) is 0 Å². The number of nitrogens with zero attached hydrogens (tertiary/aromatic N) is 2. The second kappa shape index (κ2) is 11.5. The topological polar surface area (TPSA) is 9.86 Å². The number of benzene rings is 8. The smallest absolute Gasteiger partial charge is 0.0618 e. The zero-order valence-electron chi connectivity index (χ0n) is 27.4. The zero-order valence-corrected chi connectivity index (χ0v) is 27.4. The molecule has 0 atom stereocenters. The highest BCUT2D eigenvalue weighted by atomic mass is 15.0. The molecule has 0 fully saturated rings. The van der Waals surface area contributed by atoms with Gasteiger partial charge in [-0.05, 0) is 64.7 Å². The number of fused-ring (bicyclic) bond motifs is 6. The van der Waals surface area contributed by atoms with Crippen molar-refractivity contribution in [3.63, 3.8) is 0 Å². The van der Waals surface area contributed by atoms with Crippen LogP contribution in [0.1, 0.15) is 0 Å². The van der Waals surface area contributed by atoms with Gasteiger partial charge in [-0.1, -0.05) is 152 Å². The number of aromatic nitrogens is 2. The summed E-state index contributed by atoms with van der Waals surface area (Å²) in [6.07, 6.45) is 0. The van der Waals surface area contributed by atoms with Gasteiger partial charge in [-0.2, -0.15) is 0 Å². The lowest BCUT2D eigenvalue weighted by Crippen LogP contribution is -2.00. The summed E-state index contributed by atoms with van der Waals surface area (Å²) < 4.78 is 4.87. The first-order chi connectivity index (χ1) is 24.8. The predicted octanol–water partition coefficient (Wildman–Crippen LogP) is 12.9. The molecular formula is C48H32N2. The molecule has 10 rings (SSSR count). The summed E-state index contributed by atoms with van der Waals surface area (Å²) in [5.74, 6) is 0. The average molecular weight is 637 g/mol. The van der Waals surface area contributed by atoms with Gasteiger partial charge in [-0.15, -0.1) is 0 Å². The first kappa shape index (κ1) is 28.4. The molecule has 8 aromatic carbocycles. The van der Waals surface area contributed by atoms with E-state index in [1.54, 1.807) is 0 Å². The molecule has 0 spiro atoms. The van der Waals surface area contributed by atoms with Crippen LogP contribution in [0.2, 0.25) is 0 Å². The van der Waals surface area contributed by atoms with Gasteiger partial charge in [-0.25, -0.2) is 0 Å². The third-order valence-electron chi connectivity index (χ3n) is 10.1. The van der Waals surface area contributed by atoms with E-state index >= 15 is 0 Å². The summed E-state index contributed by atoms with van der Waals surface area (Å²) in [6, 6.07) is 70.4. The van der Waals surface area contributed by atoms with E-state index in [9.17, 15) is 0 Å². The van der Waals surface area contributed by atoms with Gasteiger partial charge in [0.05, 0.1) is 27.8 Å². The van der Waals surface area contributed by atoms with Crippen LogP contribution in [0.4, 0.5) is 0 Å². The summed E-state index contributed by atoms with van der Waals surface area (Å²) in [4.78, 5) is 0. The third kappa shape index (κ3) is 4.43. The minimum absolute atomic E-state index is 1.17. The fourth-order valence-electron chi connectivity index (χ4n) is 7.88. The molecule has 0 saturated heterocycles. The van der Waals surface area contributed by atoms with Gasteiger partial charge >= 0.3 is 0 Å². The second-order valence-corrected chi connectivity index (χ2v) is 12.9. The van der Waals surface area contributed by atoms with Crippen LogP contribution < -0.4 is 0 Å². The molecule has 2 aromatic heterocycles. The summed E-state index contributed by atoms with van der Waals surface area (Å²) in [5, 5.41) is 5.00. The molecule has 50 heavy (non-hydrogen) atoms. The molecule has 0 amide bonds. The van der Waals surface area contributed by atoms with Crippen LogP contribution in [0, 0.1) is 0 Å². The van der Waals surface area contributed by atoms with E-state index in [-0.39, 0.29) is 0 Å². The van der Waals surface area contributed by atoms with E-state index in [0.29, 0.717) is 0 Å². The van der Waals surface area contributed by atoms with Crippen molar-refractivity contribution in [3.05, 3.63) is 194 Å². The fourth-order valence-corrected chi connectivity index (χ4v) is 7.88. The maximum atomic E-state index is 2.50. The first-order valence-electron chi connectivity index (χ1n) is 17.2. The van der Waals surface area contributed by atoms with Crippen LogP contribution >= 0.6 is 0 Å². The van der Waals surface area contributed by atoms with Crippen molar-refractivity contribution in [1.29, 1.82) is 0 Å². The van der Waals surface area contributed by atoms with Crippen molar-refractivity contribution < 1.29 is 0 Å². The number of hydrogen-bond donors (Lipinski definition) is 0. The Morgan fingerprint density at radius 1 is 0.260 bits per heavy atom. The van der Waals surface area contributed by atoms with E-state index in [1.165, 1.54) is 88.4 Å². The van der Waals surface area contributed by atoms with Gasteiger partial charge in [0.2, 0.25) is 0 Å². The van der Waals surface area contributed by atoms with Gasteiger partial charge in [0.25, 0.3) is 0 Å². The molecule has 0 saturated carbocycles. The summed E-state index contributed by atoms with van der Waals surface area (Å²) in [6.45, 7) is 0. The lowest BCUT2D eigenvalue weighted by Gasteiger charge is -2.19. The van der Waals surface area contributed by atoms with Crippen molar-refractivity contribution in [3.8, 4) is 44.8 Å². The quantitative estimate of drug-likeness (QED) is 0.178. The van der Waals surface area contributed by atoms with Crippen molar-refractivity contribution >= 4 is 43.6 Å². The number of rotatable bonds is 5. The Kier molecular flexibility index (Phi) is 6.53. The Morgan fingerprint density at radius 2 is 0.740 bits per heavy atom. The van der Waals surface area contributed by atoms with Gasteiger partial charge in [0, 0.05) is 38.4 Å². The van der Waals surface area contributed by atoms with Crippen LogP contribution in [0.5, 0.6) is 0 Å². The van der Waals surface area contributed by atoms with Crippen LogP contribution in [0.25, 0.3) is 88.4 Å². The van der Waals surface area contributed by atoms with Crippen molar-refractivity contribution in [2.45, 2.75) is 0 Å². The Balaban J connectivity index is 1.25. The molecule has 0 aliphatic rings. The van der Waals surface area contributed by atoms with Crippen molar-refractivity contribution in [2.24, 2.45) is 0 Å². The molecular weight excluding hydrogens is 605 g/mol. The number of hydrogen-bond acceptors (Lipinski definition) is 0. The summed E-state index contributed by atoms with van der Waals surface area (Å²) in [5.41, 5.74) is 14.4. The predicted molar refractivity (Wildman–Crippen MR) is 211 cm³/mol. The van der Waals surface area contributed by atoms with Crippen molar-refractivity contribution in [1.82, 2.24) is 9.13 Å². The molecule has 0 radical (unpaired) electrons. The minimum atomic E-state index is 1.17. The molecule has 2 heteroatoms. The monoisotopic (exact) mass is 636 g/mol. The maximum Gasteiger partial charge on any atom is 0.0618 e. The van der Waals surface area contributed by atoms with Gasteiger partial charge < -0.3 is 9.13 Å². The lowest BCUT2D eigenvalue weighted by atomic mass is 9.95. The van der Waals surface area contributed by atoms with E-state index < -0.39 is 0 Å². The highest BCUT2D eigenvalue weighted by molar-refractivity contribution is 6.13. The van der Waals surface area contributed by atoms with Crippen LogP contribution in [0.3, 0.4) is 0 Å². The molecule has 0 aliphatic heterocycles. The Labute approximate surface area is 290 Å². The standard InChI is InChI=1S/C48H32N2/c1-4-15-33(16-5-1)38-23-14-24-39(34-17-6-2-7-18-34)48(38)50-45-26-13-10-21-40(45)42-29-27-36(32-47(42)50)35-28-30-46-43(31-35)41-22-11-12-25-44(41)49(46)37-19-8-3-9-20-37/h1-32H. The molecule has 2 nitrogen and oxygen atoms in total. The Hall–Kier alpha value is -6.64. The van der Waals surface area contributed by atoms with Gasteiger partial charge in [-0.3, -0.25) is 0 Å². The highest BCUT2D eigenvalue weighted by Gasteiger charge is 2.20. The van der Waals surface area contributed by atoms with Crippen LogP contribution in [-0.4, -0.2) is 9.13 Å². The first-order valence-corrected chi connectivity index (χ1v) is 17.2. The largest absolute Gasteiger partial charge is 0.309 e. The molecule has 2 heterocycles. The maximum absolute atomic E-state index is 2.50. The average Bonchev–Trinajstić information content (AvgIpc) is 3.70. The Morgan fingerprint density at radius 3 is 1.40 bits per heavy atom. The van der Waals surface area contributed by atoms with Crippen LogP contribution in [0.15, 0.2) is 194 Å². The second-order valence-electron chi connectivity index (χ2n) is 12.9. The normalized spacial score (nSPS) is 11.6. The van der Waals surface area contributed by atoms with Gasteiger partial charge in [0.1, 0.15) is 0 Å². The summed E-state index contributed by atoms with van der Waals surface area (Å²) in [7, 11) is 0. The van der Waals surface area contributed by atoms with E-state index in [1.807, 2.05) is 0 Å². The fraction of sp³-hybridized carbons (Fsp3) is 0. The minimum Gasteiger partial charge on any atom is -0.309 e. The Bertz CT molecular complexity index is 2780. The molecule has 0 unspecified atom stereocenters. The third-order valence-corrected chi connectivity index (χ3v) is 10.1. The van der Waals surface area contributed by atoms with E-state index in [4.69, 9.17) is 0 Å². The molecule has 0 aliphatic carbocycles. The summed E-state index contributed by atoms with van der Waals surface area (Å²) >= 11 is 0. The van der Waals surface area contributed by atoms with E-state index in [2.05, 4.69) is 203 Å².